The molecule has 1 saturated heterocycles. The van der Waals surface area contributed by atoms with Crippen LogP contribution in [0.4, 0.5) is 5.69 Å². The van der Waals surface area contributed by atoms with E-state index in [0.29, 0.717) is 5.58 Å². The number of fused-ring (bicyclic) bond motifs is 1. The normalized spacial score (nSPS) is 16.1. The first-order valence-corrected chi connectivity index (χ1v) is 10.6. The maximum Gasteiger partial charge on any atom is 0.284 e. The van der Waals surface area contributed by atoms with Crippen molar-refractivity contribution in [2.24, 2.45) is 5.73 Å². The van der Waals surface area contributed by atoms with E-state index in [9.17, 15) is 4.79 Å². The van der Waals surface area contributed by atoms with Gasteiger partial charge in [-0.05, 0) is 63.4 Å². The summed E-state index contributed by atoms with van der Waals surface area (Å²) in [6.45, 7) is 9.87. The molecule has 0 atom stereocenters. The molecule has 1 amide bonds. The number of furan rings is 1. The van der Waals surface area contributed by atoms with E-state index in [4.69, 9.17) is 10.2 Å². The minimum atomic E-state index is -0.525. The summed E-state index contributed by atoms with van der Waals surface area (Å²) < 4.78 is 5.48. The standard InChI is InChI=1S/C23H33N3O2/c1-3-7-18(4-2)8-5-6-11-25-12-14-26(15-13-25)20-9-10-21-19(16-20)17-22(28-21)23(24)27/h4,9-10,16-17H,3,5-8,11-15H2,1-2H3,(H2,24,27)/b18-4+. The molecule has 5 nitrogen and oxygen atoms in total. The molecule has 152 valence electrons. The van der Waals surface area contributed by atoms with Crippen molar-refractivity contribution in [2.45, 2.75) is 46.0 Å². The van der Waals surface area contributed by atoms with Crippen LogP contribution in [0.15, 0.2) is 40.3 Å². The molecule has 1 aliphatic rings. The molecule has 0 unspecified atom stereocenters. The molecular weight excluding hydrogens is 350 g/mol. The second-order valence-electron chi connectivity index (χ2n) is 7.68. The highest BCUT2D eigenvalue weighted by molar-refractivity contribution is 5.95. The predicted molar refractivity (Wildman–Crippen MR) is 116 cm³/mol. The van der Waals surface area contributed by atoms with Gasteiger partial charge in [-0.2, -0.15) is 0 Å². The van der Waals surface area contributed by atoms with Crippen molar-refractivity contribution in [3.63, 3.8) is 0 Å². The molecule has 0 bridgehead atoms. The topological polar surface area (TPSA) is 62.7 Å². The molecule has 0 spiro atoms. The van der Waals surface area contributed by atoms with Crippen molar-refractivity contribution in [1.29, 1.82) is 0 Å². The van der Waals surface area contributed by atoms with Gasteiger partial charge in [-0.25, -0.2) is 0 Å². The van der Waals surface area contributed by atoms with Gasteiger partial charge in [-0.3, -0.25) is 9.69 Å². The van der Waals surface area contributed by atoms with Crippen LogP contribution < -0.4 is 10.6 Å². The summed E-state index contributed by atoms with van der Waals surface area (Å²) in [7, 11) is 0. The number of carbonyl (C=O) groups excluding carboxylic acids is 1. The summed E-state index contributed by atoms with van der Waals surface area (Å²) in [6.07, 6.45) is 8.61. The number of rotatable bonds is 9. The number of nitrogens with zero attached hydrogens (tertiary/aromatic N) is 2. The summed E-state index contributed by atoms with van der Waals surface area (Å²) in [6, 6.07) is 7.82. The molecule has 0 radical (unpaired) electrons. The number of carbonyl (C=O) groups is 1. The smallest absolute Gasteiger partial charge is 0.284 e. The summed E-state index contributed by atoms with van der Waals surface area (Å²) in [4.78, 5) is 16.3. The van der Waals surface area contributed by atoms with Crippen LogP contribution in [0.2, 0.25) is 0 Å². The maximum atomic E-state index is 11.3. The molecule has 28 heavy (non-hydrogen) atoms. The van der Waals surface area contributed by atoms with Gasteiger partial charge in [0, 0.05) is 37.3 Å². The molecule has 0 saturated carbocycles. The Kier molecular flexibility index (Phi) is 7.15. The van der Waals surface area contributed by atoms with Crippen molar-refractivity contribution >= 4 is 22.6 Å². The van der Waals surface area contributed by atoms with Gasteiger partial charge in [0.1, 0.15) is 5.58 Å². The minimum Gasteiger partial charge on any atom is -0.451 e. The lowest BCUT2D eigenvalue weighted by Gasteiger charge is -2.36. The SMILES string of the molecule is C/C=C(\CCC)CCCCN1CCN(c2ccc3oc(C(N)=O)cc3c2)CC1. The van der Waals surface area contributed by atoms with Gasteiger partial charge in [0.15, 0.2) is 5.76 Å². The number of anilines is 1. The highest BCUT2D eigenvalue weighted by atomic mass is 16.3. The average Bonchev–Trinajstić information content (AvgIpc) is 3.14. The Balaban J connectivity index is 1.46. The number of hydrogen-bond acceptors (Lipinski definition) is 4. The third kappa shape index (κ3) is 5.16. The van der Waals surface area contributed by atoms with Gasteiger partial charge in [0.2, 0.25) is 0 Å². The lowest BCUT2D eigenvalue weighted by molar-refractivity contribution is 0.0976. The van der Waals surface area contributed by atoms with Crippen LogP contribution in [0.5, 0.6) is 0 Å². The van der Waals surface area contributed by atoms with E-state index in [-0.39, 0.29) is 5.76 Å². The van der Waals surface area contributed by atoms with Gasteiger partial charge in [-0.15, -0.1) is 0 Å². The fourth-order valence-corrected chi connectivity index (χ4v) is 4.00. The van der Waals surface area contributed by atoms with E-state index in [0.717, 1.165) is 31.6 Å². The third-order valence-corrected chi connectivity index (χ3v) is 5.68. The van der Waals surface area contributed by atoms with E-state index >= 15 is 0 Å². The number of amides is 1. The fraction of sp³-hybridized carbons (Fsp3) is 0.522. The zero-order valence-corrected chi connectivity index (χ0v) is 17.2. The second kappa shape index (κ2) is 9.78. The second-order valence-corrected chi connectivity index (χ2v) is 7.68. The van der Waals surface area contributed by atoms with E-state index < -0.39 is 5.91 Å². The maximum absolute atomic E-state index is 11.3. The number of unbranched alkanes of at least 4 members (excludes halogenated alkanes) is 1. The summed E-state index contributed by atoms with van der Waals surface area (Å²) in [5.74, 6) is -0.306. The number of piperazine rings is 1. The Morgan fingerprint density at radius 3 is 2.61 bits per heavy atom. The van der Waals surface area contributed by atoms with Crippen molar-refractivity contribution in [1.82, 2.24) is 4.90 Å². The van der Waals surface area contributed by atoms with E-state index in [1.54, 1.807) is 11.6 Å². The van der Waals surface area contributed by atoms with Crippen LogP contribution in [-0.2, 0) is 0 Å². The Labute approximate surface area is 168 Å². The zero-order valence-electron chi connectivity index (χ0n) is 17.2. The van der Waals surface area contributed by atoms with Gasteiger partial charge in [-0.1, -0.05) is 25.0 Å². The Morgan fingerprint density at radius 1 is 1.14 bits per heavy atom. The number of allylic oxidation sites excluding steroid dienone is 2. The third-order valence-electron chi connectivity index (χ3n) is 5.68. The number of nitrogens with two attached hydrogens (primary N) is 1. The van der Waals surface area contributed by atoms with Crippen LogP contribution in [0.25, 0.3) is 11.0 Å². The summed E-state index contributed by atoms with van der Waals surface area (Å²) in [5, 5.41) is 0.931. The first-order chi connectivity index (χ1) is 13.6. The van der Waals surface area contributed by atoms with Gasteiger partial charge < -0.3 is 15.1 Å². The van der Waals surface area contributed by atoms with Crippen molar-refractivity contribution in [3.05, 3.63) is 41.7 Å². The van der Waals surface area contributed by atoms with Gasteiger partial charge in [0.05, 0.1) is 0 Å². The van der Waals surface area contributed by atoms with Crippen molar-refractivity contribution in [2.75, 3.05) is 37.6 Å². The van der Waals surface area contributed by atoms with Crippen LogP contribution in [-0.4, -0.2) is 43.5 Å². The predicted octanol–water partition coefficient (Wildman–Crippen LogP) is 4.57. The summed E-state index contributed by atoms with van der Waals surface area (Å²) in [5.41, 5.74) is 8.81. The van der Waals surface area contributed by atoms with Crippen molar-refractivity contribution in [3.8, 4) is 0 Å². The molecule has 1 aromatic carbocycles. The monoisotopic (exact) mass is 383 g/mol. The lowest BCUT2D eigenvalue weighted by Crippen LogP contribution is -2.46. The molecule has 2 heterocycles. The molecule has 1 aliphatic heterocycles. The molecule has 3 rings (SSSR count). The van der Waals surface area contributed by atoms with Crippen LogP contribution in [0.1, 0.15) is 56.5 Å². The summed E-state index contributed by atoms with van der Waals surface area (Å²) >= 11 is 0. The fourth-order valence-electron chi connectivity index (χ4n) is 4.00. The van der Waals surface area contributed by atoms with Crippen LogP contribution in [0, 0.1) is 0 Å². The van der Waals surface area contributed by atoms with Crippen molar-refractivity contribution < 1.29 is 9.21 Å². The molecule has 0 aliphatic carbocycles. The number of hydrogen-bond donors (Lipinski definition) is 1. The first kappa shape index (κ1) is 20.5. The van der Waals surface area contributed by atoms with Crippen LogP contribution >= 0.6 is 0 Å². The quantitative estimate of drug-likeness (QED) is 0.509. The molecule has 1 aromatic heterocycles. The van der Waals surface area contributed by atoms with E-state index in [2.05, 4.69) is 41.9 Å². The highest BCUT2D eigenvalue weighted by Gasteiger charge is 2.18. The Hall–Kier alpha value is -2.27. The highest BCUT2D eigenvalue weighted by Crippen LogP contribution is 2.26. The molecular formula is C23H33N3O2. The van der Waals surface area contributed by atoms with Gasteiger partial charge in [0.25, 0.3) is 5.91 Å². The largest absolute Gasteiger partial charge is 0.451 e. The average molecular weight is 384 g/mol. The minimum absolute atomic E-state index is 0.219. The number of primary amides is 1. The molecule has 5 heteroatoms. The molecule has 2 aromatic rings. The van der Waals surface area contributed by atoms with Gasteiger partial charge >= 0.3 is 0 Å². The number of benzene rings is 1. The first-order valence-electron chi connectivity index (χ1n) is 10.6. The zero-order chi connectivity index (χ0) is 19.9. The van der Waals surface area contributed by atoms with E-state index in [1.807, 2.05) is 6.07 Å². The Bertz CT molecular complexity index is 816. The molecule has 1 fully saturated rings. The lowest BCUT2D eigenvalue weighted by atomic mass is 10.0. The van der Waals surface area contributed by atoms with E-state index in [1.165, 1.54) is 44.3 Å². The molecule has 2 N–H and O–H groups in total. The van der Waals surface area contributed by atoms with Crippen LogP contribution in [0.3, 0.4) is 0 Å². The Morgan fingerprint density at radius 2 is 1.93 bits per heavy atom.